The number of nitrogens with one attached hydrogen (secondary N) is 1. The van der Waals surface area contributed by atoms with Gasteiger partial charge in [-0.3, -0.25) is 0 Å². The SMILES string of the molecule is CCNc1ccc(S(=O)(=O)N(CC)CC)cc1N. The molecule has 1 rings (SSSR count). The van der Waals surface area contributed by atoms with Crippen molar-refractivity contribution in [2.24, 2.45) is 0 Å². The lowest BCUT2D eigenvalue weighted by Gasteiger charge is -2.19. The van der Waals surface area contributed by atoms with E-state index in [1.165, 1.54) is 10.4 Å². The highest BCUT2D eigenvalue weighted by molar-refractivity contribution is 7.89. The minimum Gasteiger partial charge on any atom is -0.397 e. The van der Waals surface area contributed by atoms with Crippen LogP contribution in [0.1, 0.15) is 20.8 Å². The maximum absolute atomic E-state index is 12.3. The fraction of sp³-hybridized carbons (Fsp3) is 0.500. The van der Waals surface area contributed by atoms with Crippen molar-refractivity contribution in [1.29, 1.82) is 0 Å². The summed E-state index contributed by atoms with van der Waals surface area (Å²) in [5, 5.41) is 3.08. The maximum atomic E-state index is 12.3. The zero-order valence-corrected chi connectivity index (χ0v) is 11.9. The van der Waals surface area contributed by atoms with E-state index < -0.39 is 10.0 Å². The van der Waals surface area contributed by atoms with E-state index >= 15 is 0 Å². The summed E-state index contributed by atoms with van der Waals surface area (Å²) in [4.78, 5) is 0.241. The summed E-state index contributed by atoms with van der Waals surface area (Å²) >= 11 is 0. The molecule has 102 valence electrons. The minimum absolute atomic E-state index is 0.241. The first-order valence-corrected chi connectivity index (χ1v) is 7.54. The predicted octanol–water partition coefficient (Wildman–Crippen LogP) is 1.73. The van der Waals surface area contributed by atoms with Gasteiger partial charge in [-0.2, -0.15) is 4.31 Å². The number of rotatable bonds is 6. The molecule has 1 aromatic carbocycles. The minimum atomic E-state index is -3.43. The predicted molar refractivity (Wildman–Crippen MR) is 75.1 cm³/mol. The Kier molecular flexibility index (Phi) is 4.98. The van der Waals surface area contributed by atoms with Crippen molar-refractivity contribution in [3.63, 3.8) is 0 Å². The van der Waals surface area contributed by atoms with Crippen LogP contribution in [-0.4, -0.2) is 32.4 Å². The highest BCUT2D eigenvalue weighted by Crippen LogP contribution is 2.24. The Morgan fingerprint density at radius 2 is 1.83 bits per heavy atom. The number of nitrogens with two attached hydrogens (primary N) is 1. The first-order chi connectivity index (χ1) is 8.47. The molecule has 0 unspecified atom stereocenters. The third kappa shape index (κ3) is 2.94. The Bertz CT molecular complexity index is 496. The van der Waals surface area contributed by atoms with Crippen molar-refractivity contribution >= 4 is 21.4 Å². The van der Waals surface area contributed by atoms with E-state index in [-0.39, 0.29) is 4.90 Å². The van der Waals surface area contributed by atoms with E-state index in [0.29, 0.717) is 18.8 Å². The second kappa shape index (κ2) is 6.06. The molecule has 6 heteroatoms. The third-order valence-corrected chi connectivity index (χ3v) is 4.78. The van der Waals surface area contributed by atoms with Crippen LogP contribution in [0.5, 0.6) is 0 Å². The fourth-order valence-corrected chi connectivity index (χ4v) is 3.26. The summed E-state index contributed by atoms with van der Waals surface area (Å²) < 4.78 is 25.9. The van der Waals surface area contributed by atoms with Gasteiger partial charge in [0.05, 0.1) is 16.3 Å². The van der Waals surface area contributed by atoms with E-state index in [2.05, 4.69) is 5.32 Å². The van der Waals surface area contributed by atoms with Crippen LogP contribution < -0.4 is 11.1 Å². The van der Waals surface area contributed by atoms with E-state index in [0.717, 1.165) is 12.2 Å². The quantitative estimate of drug-likeness (QED) is 0.773. The zero-order chi connectivity index (χ0) is 13.8. The highest BCUT2D eigenvalue weighted by atomic mass is 32.2. The lowest BCUT2D eigenvalue weighted by molar-refractivity contribution is 0.445. The van der Waals surface area contributed by atoms with Crippen LogP contribution in [0.4, 0.5) is 11.4 Å². The molecular weight excluding hydrogens is 250 g/mol. The van der Waals surface area contributed by atoms with E-state index in [1.54, 1.807) is 12.1 Å². The smallest absolute Gasteiger partial charge is 0.243 e. The van der Waals surface area contributed by atoms with Gasteiger partial charge >= 0.3 is 0 Å². The van der Waals surface area contributed by atoms with Crippen LogP contribution in [-0.2, 0) is 10.0 Å². The van der Waals surface area contributed by atoms with Gasteiger partial charge in [-0.05, 0) is 25.1 Å². The molecule has 18 heavy (non-hydrogen) atoms. The van der Waals surface area contributed by atoms with Crippen LogP contribution in [0.3, 0.4) is 0 Å². The molecule has 0 bridgehead atoms. The average Bonchev–Trinajstić information content (AvgIpc) is 2.33. The first kappa shape index (κ1) is 14.8. The summed E-state index contributed by atoms with van der Waals surface area (Å²) in [5.74, 6) is 0. The van der Waals surface area contributed by atoms with Gasteiger partial charge in [0, 0.05) is 19.6 Å². The Labute approximate surface area is 109 Å². The first-order valence-electron chi connectivity index (χ1n) is 6.10. The average molecular weight is 271 g/mol. The second-order valence-corrected chi connectivity index (χ2v) is 5.81. The molecule has 5 nitrogen and oxygen atoms in total. The number of sulfonamides is 1. The summed E-state index contributed by atoms with van der Waals surface area (Å²) in [6, 6.07) is 4.79. The molecular formula is C12H21N3O2S. The Morgan fingerprint density at radius 1 is 1.22 bits per heavy atom. The summed E-state index contributed by atoms with van der Waals surface area (Å²) in [5.41, 5.74) is 7.05. The molecule has 0 fully saturated rings. The number of benzene rings is 1. The lowest BCUT2D eigenvalue weighted by atomic mass is 10.2. The number of anilines is 2. The second-order valence-electron chi connectivity index (χ2n) is 3.87. The van der Waals surface area contributed by atoms with E-state index in [4.69, 9.17) is 5.73 Å². The lowest BCUT2D eigenvalue weighted by Crippen LogP contribution is -2.30. The van der Waals surface area contributed by atoms with E-state index in [1.807, 2.05) is 20.8 Å². The van der Waals surface area contributed by atoms with Crippen LogP contribution >= 0.6 is 0 Å². The van der Waals surface area contributed by atoms with Gasteiger partial charge in [0.25, 0.3) is 0 Å². The molecule has 3 N–H and O–H groups in total. The molecule has 0 aliphatic heterocycles. The van der Waals surface area contributed by atoms with Crippen molar-refractivity contribution in [3.05, 3.63) is 18.2 Å². The molecule has 1 aromatic rings. The number of hydrogen-bond acceptors (Lipinski definition) is 4. The number of nitrogens with zero attached hydrogens (tertiary/aromatic N) is 1. The van der Waals surface area contributed by atoms with Crippen LogP contribution in [0.25, 0.3) is 0 Å². The van der Waals surface area contributed by atoms with Gasteiger partial charge in [-0.1, -0.05) is 13.8 Å². The number of hydrogen-bond donors (Lipinski definition) is 2. The summed E-state index contributed by atoms with van der Waals surface area (Å²) in [7, 11) is -3.43. The molecule has 0 aliphatic carbocycles. The fourth-order valence-electron chi connectivity index (χ4n) is 1.77. The highest BCUT2D eigenvalue weighted by Gasteiger charge is 2.21. The Hall–Kier alpha value is -1.27. The topological polar surface area (TPSA) is 75.4 Å². The van der Waals surface area contributed by atoms with Gasteiger partial charge in [0.1, 0.15) is 0 Å². The molecule has 0 atom stereocenters. The summed E-state index contributed by atoms with van der Waals surface area (Å²) in [6.07, 6.45) is 0. The largest absolute Gasteiger partial charge is 0.397 e. The maximum Gasteiger partial charge on any atom is 0.243 e. The van der Waals surface area contributed by atoms with Crippen molar-refractivity contribution in [1.82, 2.24) is 4.31 Å². The van der Waals surface area contributed by atoms with E-state index in [9.17, 15) is 8.42 Å². The molecule has 0 spiro atoms. The van der Waals surface area contributed by atoms with Crippen LogP contribution in [0.2, 0.25) is 0 Å². The van der Waals surface area contributed by atoms with Gasteiger partial charge in [-0.15, -0.1) is 0 Å². The Balaban J connectivity index is 3.15. The third-order valence-electron chi connectivity index (χ3n) is 2.73. The molecule has 0 saturated heterocycles. The van der Waals surface area contributed by atoms with Crippen LogP contribution in [0.15, 0.2) is 23.1 Å². The molecule has 0 amide bonds. The van der Waals surface area contributed by atoms with Gasteiger partial charge in [0.2, 0.25) is 10.0 Å². The number of nitrogen functional groups attached to an aromatic ring is 1. The van der Waals surface area contributed by atoms with Crippen molar-refractivity contribution < 1.29 is 8.42 Å². The normalized spacial score (nSPS) is 11.8. The zero-order valence-electron chi connectivity index (χ0n) is 11.1. The summed E-state index contributed by atoms with van der Waals surface area (Å²) in [6.45, 7) is 7.24. The molecule has 0 saturated carbocycles. The van der Waals surface area contributed by atoms with Crippen molar-refractivity contribution in [3.8, 4) is 0 Å². The van der Waals surface area contributed by atoms with Gasteiger partial charge in [0.15, 0.2) is 0 Å². The molecule has 0 radical (unpaired) electrons. The monoisotopic (exact) mass is 271 g/mol. The molecule has 0 aromatic heterocycles. The van der Waals surface area contributed by atoms with Crippen molar-refractivity contribution in [2.75, 3.05) is 30.7 Å². The molecule has 0 heterocycles. The molecule has 0 aliphatic rings. The van der Waals surface area contributed by atoms with Crippen molar-refractivity contribution in [2.45, 2.75) is 25.7 Å². The van der Waals surface area contributed by atoms with Crippen LogP contribution in [0, 0.1) is 0 Å². The van der Waals surface area contributed by atoms with Gasteiger partial charge in [-0.25, -0.2) is 8.42 Å². The standard InChI is InChI=1S/C12H21N3O2S/c1-4-14-12-8-7-10(9-11(12)13)18(16,17)15(5-2)6-3/h7-9,14H,4-6,13H2,1-3H3. The Morgan fingerprint density at radius 3 is 2.28 bits per heavy atom. The van der Waals surface area contributed by atoms with Gasteiger partial charge < -0.3 is 11.1 Å².